The lowest BCUT2D eigenvalue weighted by atomic mass is 10.1. The smallest absolute Gasteiger partial charge is 0.326 e. The number of hydrogen-bond acceptors (Lipinski definition) is 6. The highest BCUT2D eigenvalue weighted by Crippen LogP contribution is 2.03. The van der Waals surface area contributed by atoms with Gasteiger partial charge in [0.25, 0.3) is 5.91 Å². The average molecular weight is 285 g/mol. The zero-order valence-corrected chi connectivity index (χ0v) is 10.8. The van der Waals surface area contributed by atoms with Crippen LogP contribution in [0.15, 0.2) is 5.10 Å². The number of hydrazone groups is 1. The Morgan fingerprint density at radius 1 is 1.45 bits per heavy atom. The highest BCUT2D eigenvalue weighted by molar-refractivity contribution is 6.39. The number of rotatable bonds is 6. The molecule has 0 unspecified atom stereocenters. The lowest BCUT2D eigenvalue weighted by Crippen LogP contribution is -2.45. The van der Waals surface area contributed by atoms with E-state index >= 15 is 0 Å². The molecule has 110 valence electrons. The van der Waals surface area contributed by atoms with E-state index in [-0.39, 0.29) is 37.3 Å². The first-order valence-electron chi connectivity index (χ1n) is 5.90. The summed E-state index contributed by atoms with van der Waals surface area (Å²) in [6.07, 6.45) is 0.0392. The van der Waals surface area contributed by atoms with Crippen LogP contribution in [-0.4, -0.2) is 47.7 Å². The Labute approximate surface area is 114 Å². The summed E-state index contributed by atoms with van der Waals surface area (Å²) in [6, 6.07) is -1.22. The molecule has 0 radical (unpaired) electrons. The van der Waals surface area contributed by atoms with Crippen LogP contribution in [0.1, 0.15) is 25.7 Å². The fourth-order valence-electron chi connectivity index (χ4n) is 1.50. The minimum atomic E-state index is -1.26. The number of carbonyl (C=O) groups excluding carboxylic acids is 3. The van der Waals surface area contributed by atoms with Crippen LogP contribution in [0.3, 0.4) is 0 Å². The molecular formula is C11H15N3O6. The van der Waals surface area contributed by atoms with Gasteiger partial charge in [-0.15, -0.1) is 0 Å². The van der Waals surface area contributed by atoms with E-state index in [0.29, 0.717) is 0 Å². The molecule has 20 heavy (non-hydrogen) atoms. The monoisotopic (exact) mass is 285 g/mol. The molecule has 1 atom stereocenters. The summed E-state index contributed by atoms with van der Waals surface area (Å²) in [4.78, 5) is 44.6. The minimum Gasteiger partial charge on any atom is -0.480 e. The lowest BCUT2D eigenvalue weighted by molar-refractivity contribution is -0.143. The number of aliphatic carboxylic acids is 1. The molecule has 3 N–H and O–H groups in total. The van der Waals surface area contributed by atoms with Crippen molar-refractivity contribution in [2.24, 2.45) is 5.10 Å². The maximum Gasteiger partial charge on any atom is 0.326 e. The van der Waals surface area contributed by atoms with Crippen molar-refractivity contribution >= 4 is 29.5 Å². The summed E-state index contributed by atoms with van der Waals surface area (Å²) in [7, 11) is 1.19. The SMILES string of the molecule is COC(=O)CC[C@@H](NC(=O)C1=NNC(=O)CC1)C(=O)O. The van der Waals surface area contributed by atoms with Crippen molar-refractivity contribution < 1.29 is 29.0 Å². The van der Waals surface area contributed by atoms with Gasteiger partial charge in [0.15, 0.2) is 0 Å². The Bertz CT molecular complexity index is 459. The Morgan fingerprint density at radius 3 is 2.65 bits per heavy atom. The Morgan fingerprint density at radius 2 is 2.15 bits per heavy atom. The molecule has 1 aliphatic heterocycles. The van der Waals surface area contributed by atoms with Gasteiger partial charge in [0.05, 0.1) is 7.11 Å². The lowest BCUT2D eigenvalue weighted by Gasteiger charge is -2.16. The highest BCUT2D eigenvalue weighted by atomic mass is 16.5. The molecule has 0 aromatic heterocycles. The summed E-state index contributed by atoms with van der Waals surface area (Å²) in [5.41, 5.74) is 2.19. The van der Waals surface area contributed by atoms with Gasteiger partial charge in [0.2, 0.25) is 5.91 Å². The second-order valence-electron chi connectivity index (χ2n) is 4.07. The van der Waals surface area contributed by atoms with Crippen LogP contribution >= 0.6 is 0 Å². The van der Waals surface area contributed by atoms with Crippen LogP contribution in [0.25, 0.3) is 0 Å². The van der Waals surface area contributed by atoms with E-state index in [1.807, 2.05) is 0 Å². The summed E-state index contributed by atoms with van der Waals surface area (Å²) in [5, 5.41) is 14.8. The van der Waals surface area contributed by atoms with E-state index in [0.717, 1.165) is 0 Å². The average Bonchev–Trinajstić information content (AvgIpc) is 2.43. The van der Waals surface area contributed by atoms with Crippen molar-refractivity contribution in [3.05, 3.63) is 0 Å². The molecule has 2 amide bonds. The van der Waals surface area contributed by atoms with Crippen molar-refractivity contribution in [2.75, 3.05) is 7.11 Å². The van der Waals surface area contributed by atoms with Crippen LogP contribution in [0.5, 0.6) is 0 Å². The van der Waals surface area contributed by atoms with Gasteiger partial charge < -0.3 is 15.2 Å². The largest absolute Gasteiger partial charge is 0.480 e. The molecule has 0 aliphatic carbocycles. The normalized spacial score (nSPS) is 15.7. The zero-order valence-electron chi connectivity index (χ0n) is 10.8. The molecule has 0 spiro atoms. The van der Waals surface area contributed by atoms with Crippen LogP contribution in [0.2, 0.25) is 0 Å². The molecule has 0 aromatic carbocycles. The molecule has 9 heteroatoms. The van der Waals surface area contributed by atoms with Crippen LogP contribution in [0.4, 0.5) is 0 Å². The quantitative estimate of drug-likeness (QED) is 0.523. The number of nitrogens with zero attached hydrogens (tertiary/aromatic N) is 1. The Balaban J connectivity index is 2.57. The van der Waals surface area contributed by atoms with E-state index in [1.54, 1.807) is 0 Å². The van der Waals surface area contributed by atoms with Gasteiger partial charge in [0.1, 0.15) is 11.8 Å². The Hall–Kier alpha value is -2.45. The topological polar surface area (TPSA) is 134 Å². The zero-order chi connectivity index (χ0) is 15.1. The first kappa shape index (κ1) is 15.6. The molecule has 0 aromatic rings. The number of carbonyl (C=O) groups is 4. The number of nitrogens with one attached hydrogen (secondary N) is 2. The van der Waals surface area contributed by atoms with Gasteiger partial charge in [-0.25, -0.2) is 10.2 Å². The van der Waals surface area contributed by atoms with E-state index in [2.05, 4.69) is 20.6 Å². The number of methoxy groups -OCH3 is 1. The van der Waals surface area contributed by atoms with Crippen LogP contribution < -0.4 is 10.7 Å². The maximum atomic E-state index is 11.8. The number of hydrogen-bond donors (Lipinski definition) is 3. The second kappa shape index (κ2) is 7.22. The standard InChI is InChI=1S/C11H15N3O6/c1-20-9(16)5-3-7(11(18)19)12-10(17)6-2-4-8(15)14-13-6/h7H,2-5H2,1H3,(H,12,17)(H,14,15)(H,18,19)/t7-/m1/s1. The molecule has 0 bridgehead atoms. The van der Waals surface area contributed by atoms with E-state index in [9.17, 15) is 19.2 Å². The fraction of sp³-hybridized carbons (Fsp3) is 0.545. The molecule has 1 heterocycles. The fourth-order valence-corrected chi connectivity index (χ4v) is 1.50. The minimum absolute atomic E-state index is 0.0499. The highest BCUT2D eigenvalue weighted by Gasteiger charge is 2.25. The second-order valence-corrected chi connectivity index (χ2v) is 4.07. The van der Waals surface area contributed by atoms with E-state index < -0.39 is 23.9 Å². The van der Waals surface area contributed by atoms with Crippen molar-refractivity contribution in [2.45, 2.75) is 31.7 Å². The van der Waals surface area contributed by atoms with Crippen LogP contribution in [-0.2, 0) is 23.9 Å². The molecule has 0 fully saturated rings. The Kier molecular flexibility index (Phi) is 5.63. The summed E-state index contributed by atoms with van der Waals surface area (Å²) >= 11 is 0. The molecular weight excluding hydrogens is 270 g/mol. The van der Waals surface area contributed by atoms with Gasteiger partial charge >= 0.3 is 11.9 Å². The van der Waals surface area contributed by atoms with Gasteiger partial charge in [0, 0.05) is 19.3 Å². The van der Waals surface area contributed by atoms with Crippen LogP contribution in [0, 0.1) is 0 Å². The number of ether oxygens (including phenoxy) is 1. The van der Waals surface area contributed by atoms with Gasteiger partial charge in [-0.3, -0.25) is 14.4 Å². The molecule has 1 aliphatic rings. The first-order valence-corrected chi connectivity index (χ1v) is 5.90. The number of amides is 2. The van der Waals surface area contributed by atoms with E-state index in [1.165, 1.54) is 7.11 Å². The van der Waals surface area contributed by atoms with Crippen molar-refractivity contribution in [1.82, 2.24) is 10.7 Å². The molecule has 1 rings (SSSR count). The molecule has 0 saturated carbocycles. The van der Waals surface area contributed by atoms with Gasteiger partial charge in [-0.2, -0.15) is 5.10 Å². The van der Waals surface area contributed by atoms with Gasteiger partial charge in [-0.05, 0) is 6.42 Å². The number of esters is 1. The number of carboxylic acids is 1. The first-order chi connectivity index (χ1) is 9.43. The van der Waals surface area contributed by atoms with Crippen molar-refractivity contribution in [3.8, 4) is 0 Å². The third-order valence-corrected chi connectivity index (χ3v) is 2.63. The number of carboxylic acid groups (broad SMARTS) is 1. The molecule has 0 saturated heterocycles. The maximum absolute atomic E-state index is 11.8. The van der Waals surface area contributed by atoms with E-state index in [4.69, 9.17) is 5.11 Å². The molecule has 9 nitrogen and oxygen atoms in total. The third kappa shape index (κ3) is 4.67. The predicted molar refractivity (Wildman–Crippen MR) is 65.6 cm³/mol. The predicted octanol–water partition coefficient (Wildman–Crippen LogP) is -1.22. The third-order valence-electron chi connectivity index (χ3n) is 2.63. The summed E-state index contributed by atoms with van der Waals surface area (Å²) in [5.74, 6) is -2.81. The van der Waals surface area contributed by atoms with Crippen molar-refractivity contribution in [1.29, 1.82) is 0 Å². The van der Waals surface area contributed by atoms with Crippen molar-refractivity contribution in [3.63, 3.8) is 0 Å². The summed E-state index contributed by atoms with van der Waals surface area (Å²) < 4.78 is 4.40. The van der Waals surface area contributed by atoms with Gasteiger partial charge in [-0.1, -0.05) is 0 Å². The summed E-state index contributed by atoms with van der Waals surface area (Å²) in [6.45, 7) is 0.